The lowest BCUT2D eigenvalue weighted by molar-refractivity contribution is -0.115. The van der Waals surface area contributed by atoms with Gasteiger partial charge < -0.3 is 10.6 Å². The quantitative estimate of drug-likeness (QED) is 0.812. The number of carbonyl (C=O) groups is 1. The second-order valence-electron chi connectivity index (χ2n) is 5.95. The van der Waals surface area contributed by atoms with Crippen LogP contribution in [0.25, 0.3) is 0 Å². The van der Waals surface area contributed by atoms with Crippen LogP contribution in [0.15, 0.2) is 24.3 Å². The molecule has 1 atom stereocenters. The highest BCUT2D eigenvalue weighted by Gasteiger charge is 2.19. The van der Waals surface area contributed by atoms with Crippen molar-refractivity contribution in [3.63, 3.8) is 0 Å². The lowest BCUT2D eigenvalue weighted by Gasteiger charge is -2.23. The highest BCUT2D eigenvalue weighted by Crippen LogP contribution is 2.25. The maximum absolute atomic E-state index is 13.4. The fraction of sp³-hybridized carbons (Fsp3) is 0.588. The van der Waals surface area contributed by atoms with E-state index in [4.69, 9.17) is 0 Å². The molecule has 0 heterocycles. The lowest BCUT2D eigenvalue weighted by Crippen LogP contribution is -2.38. The molecule has 0 radical (unpaired) electrons. The number of anilines is 1. The second-order valence-corrected chi connectivity index (χ2v) is 5.95. The van der Waals surface area contributed by atoms with E-state index >= 15 is 0 Å². The largest absolute Gasteiger partial charge is 0.322 e. The molecule has 21 heavy (non-hydrogen) atoms. The van der Waals surface area contributed by atoms with E-state index in [0.29, 0.717) is 12.0 Å². The highest BCUT2D eigenvalue weighted by molar-refractivity contribution is 5.92. The Kier molecular flexibility index (Phi) is 6.18. The Balaban J connectivity index is 1.76. The van der Waals surface area contributed by atoms with Crippen molar-refractivity contribution < 1.29 is 9.18 Å². The fourth-order valence-electron chi connectivity index (χ4n) is 2.99. The van der Waals surface area contributed by atoms with E-state index < -0.39 is 5.82 Å². The van der Waals surface area contributed by atoms with Crippen LogP contribution in [-0.2, 0) is 4.79 Å². The van der Waals surface area contributed by atoms with E-state index in [0.717, 1.165) is 0 Å². The van der Waals surface area contributed by atoms with Gasteiger partial charge in [-0.1, -0.05) is 37.8 Å². The second kappa shape index (κ2) is 8.13. The number of hydrogen-bond acceptors (Lipinski definition) is 2. The van der Waals surface area contributed by atoms with E-state index in [1.54, 1.807) is 18.2 Å². The molecule has 1 amide bonds. The number of halogens is 1. The van der Waals surface area contributed by atoms with Crippen LogP contribution in [0.3, 0.4) is 0 Å². The molecule has 1 aromatic rings. The van der Waals surface area contributed by atoms with Crippen LogP contribution < -0.4 is 10.6 Å². The van der Waals surface area contributed by atoms with Gasteiger partial charge in [0.15, 0.2) is 0 Å². The molecule has 1 aromatic carbocycles. The third-order valence-corrected chi connectivity index (χ3v) is 4.34. The monoisotopic (exact) mass is 292 g/mol. The van der Waals surface area contributed by atoms with Gasteiger partial charge >= 0.3 is 0 Å². The predicted octanol–water partition coefficient (Wildman–Crippen LogP) is 3.71. The van der Waals surface area contributed by atoms with E-state index in [1.807, 2.05) is 0 Å². The first-order valence-corrected chi connectivity index (χ1v) is 7.94. The number of para-hydroxylation sites is 1. The smallest absolute Gasteiger partial charge is 0.238 e. The Hall–Kier alpha value is -1.42. The van der Waals surface area contributed by atoms with Crippen LogP contribution in [0.2, 0.25) is 0 Å². The van der Waals surface area contributed by atoms with Crippen LogP contribution in [0, 0.1) is 11.7 Å². The van der Waals surface area contributed by atoms with Crippen molar-refractivity contribution in [3.05, 3.63) is 30.1 Å². The van der Waals surface area contributed by atoms with Gasteiger partial charge in [-0.25, -0.2) is 4.39 Å². The molecule has 2 rings (SSSR count). The van der Waals surface area contributed by atoms with Crippen LogP contribution in [0.5, 0.6) is 0 Å². The summed E-state index contributed by atoms with van der Waals surface area (Å²) >= 11 is 0. The number of nitrogens with one attached hydrogen (secondary N) is 2. The average molecular weight is 292 g/mol. The topological polar surface area (TPSA) is 41.1 Å². The molecule has 0 saturated heterocycles. The SMILES string of the molecule is C[C@@H](NCC(=O)Nc1ccccc1F)C1CCCCCC1. The molecule has 1 fully saturated rings. The first kappa shape index (κ1) is 16.0. The molecule has 0 aromatic heterocycles. The number of benzene rings is 1. The maximum Gasteiger partial charge on any atom is 0.238 e. The summed E-state index contributed by atoms with van der Waals surface area (Å²) in [6.07, 6.45) is 7.72. The third kappa shape index (κ3) is 5.12. The van der Waals surface area contributed by atoms with Crippen molar-refractivity contribution in [2.45, 2.75) is 51.5 Å². The van der Waals surface area contributed by atoms with Gasteiger partial charge in [-0.2, -0.15) is 0 Å². The molecule has 0 bridgehead atoms. The first-order chi connectivity index (χ1) is 10.2. The summed E-state index contributed by atoms with van der Waals surface area (Å²) in [5, 5.41) is 5.89. The Labute approximate surface area is 126 Å². The Morgan fingerprint density at radius 1 is 1.24 bits per heavy atom. The first-order valence-electron chi connectivity index (χ1n) is 7.94. The highest BCUT2D eigenvalue weighted by atomic mass is 19.1. The van der Waals surface area contributed by atoms with E-state index in [1.165, 1.54) is 44.6 Å². The van der Waals surface area contributed by atoms with Crippen molar-refractivity contribution in [2.24, 2.45) is 5.92 Å². The zero-order chi connectivity index (χ0) is 15.1. The standard InChI is InChI=1S/C17H25FN2O/c1-13(14-8-4-2-3-5-9-14)19-12-17(21)20-16-11-7-6-10-15(16)18/h6-7,10-11,13-14,19H,2-5,8-9,12H2,1H3,(H,20,21)/t13-/m1/s1. The summed E-state index contributed by atoms with van der Waals surface area (Å²) in [4.78, 5) is 11.9. The molecule has 2 N–H and O–H groups in total. The zero-order valence-electron chi connectivity index (χ0n) is 12.7. The average Bonchev–Trinajstić information content (AvgIpc) is 2.76. The number of hydrogen-bond donors (Lipinski definition) is 2. The minimum atomic E-state index is -0.400. The predicted molar refractivity (Wildman–Crippen MR) is 83.7 cm³/mol. The third-order valence-electron chi connectivity index (χ3n) is 4.34. The summed E-state index contributed by atoms with van der Waals surface area (Å²) in [6, 6.07) is 6.56. The lowest BCUT2D eigenvalue weighted by atomic mass is 9.93. The van der Waals surface area contributed by atoms with E-state index in [-0.39, 0.29) is 18.1 Å². The summed E-state index contributed by atoms with van der Waals surface area (Å²) in [7, 11) is 0. The molecule has 0 aliphatic heterocycles. The summed E-state index contributed by atoms with van der Waals surface area (Å²) in [5.74, 6) is 0.0528. The van der Waals surface area contributed by atoms with Gasteiger partial charge in [0.05, 0.1) is 12.2 Å². The van der Waals surface area contributed by atoms with Crippen LogP contribution >= 0.6 is 0 Å². The van der Waals surface area contributed by atoms with Gasteiger partial charge in [0.2, 0.25) is 5.91 Å². The van der Waals surface area contributed by atoms with Gasteiger partial charge in [-0.15, -0.1) is 0 Å². The summed E-state index contributed by atoms with van der Waals surface area (Å²) in [6.45, 7) is 2.37. The van der Waals surface area contributed by atoms with Crippen LogP contribution in [0.1, 0.15) is 45.4 Å². The van der Waals surface area contributed by atoms with Crippen molar-refractivity contribution in [2.75, 3.05) is 11.9 Å². The van der Waals surface area contributed by atoms with Crippen molar-refractivity contribution >= 4 is 11.6 Å². The molecule has 1 saturated carbocycles. The Bertz CT molecular complexity index is 456. The van der Waals surface area contributed by atoms with E-state index in [2.05, 4.69) is 17.6 Å². The molecular weight excluding hydrogens is 267 g/mol. The van der Waals surface area contributed by atoms with Crippen molar-refractivity contribution in [1.29, 1.82) is 0 Å². The molecule has 0 unspecified atom stereocenters. The maximum atomic E-state index is 13.4. The normalized spacial score (nSPS) is 18.0. The minimum absolute atomic E-state index is 0.194. The van der Waals surface area contributed by atoms with Gasteiger partial charge in [0, 0.05) is 6.04 Å². The van der Waals surface area contributed by atoms with Gasteiger partial charge in [-0.05, 0) is 37.8 Å². The molecular formula is C17H25FN2O. The summed E-state index contributed by atoms with van der Waals surface area (Å²) in [5.41, 5.74) is 0.242. The molecule has 4 heteroatoms. The molecule has 1 aliphatic carbocycles. The fourth-order valence-corrected chi connectivity index (χ4v) is 2.99. The molecule has 3 nitrogen and oxygen atoms in total. The van der Waals surface area contributed by atoms with Gasteiger partial charge in [-0.3, -0.25) is 4.79 Å². The number of carbonyl (C=O) groups excluding carboxylic acids is 1. The Morgan fingerprint density at radius 3 is 2.57 bits per heavy atom. The Morgan fingerprint density at radius 2 is 1.90 bits per heavy atom. The van der Waals surface area contributed by atoms with Crippen molar-refractivity contribution in [3.8, 4) is 0 Å². The number of amides is 1. The summed E-state index contributed by atoms with van der Waals surface area (Å²) < 4.78 is 13.4. The van der Waals surface area contributed by atoms with Gasteiger partial charge in [0.25, 0.3) is 0 Å². The van der Waals surface area contributed by atoms with E-state index in [9.17, 15) is 9.18 Å². The molecule has 0 spiro atoms. The number of rotatable bonds is 5. The van der Waals surface area contributed by atoms with Crippen LogP contribution in [0.4, 0.5) is 10.1 Å². The van der Waals surface area contributed by atoms with Crippen molar-refractivity contribution in [1.82, 2.24) is 5.32 Å². The zero-order valence-corrected chi connectivity index (χ0v) is 12.7. The minimum Gasteiger partial charge on any atom is -0.322 e. The van der Waals surface area contributed by atoms with Crippen LogP contribution in [-0.4, -0.2) is 18.5 Å². The van der Waals surface area contributed by atoms with Gasteiger partial charge in [0.1, 0.15) is 5.82 Å². The molecule has 116 valence electrons. The molecule has 1 aliphatic rings.